The molecule has 1 atom stereocenters. The van der Waals surface area contributed by atoms with Gasteiger partial charge in [-0.1, -0.05) is 24.1 Å². The minimum absolute atomic E-state index is 0.226. The Labute approximate surface area is 117 Å². The van der Waals surface area contributed by atoms with Crippen LogP contribution in [0.3, 0.4) is 0 Å². The van der Waals surface area contributed by atoms with Gasteiger partial charge < -0.3 is 9.72 Å². The summed E-state index contributed by atoms with van der Waals surface area (Å²) >= 11 is 0. The first-order valence-electron chi connectivity index (χ1n) is 6.58. The van der Waals surface area contributed by atoms with Crippen molar-refractivity contribution in [1.29, 1.82) is 0 Å². The summed E-state index contributed by atoms with van der Waals surface area (Å²) < 4.78 is 4.91. The SMILES string of the molecule is C#CCN1Cc2[nH]c3ccccc3c2C[C@@H]1C(=O)OC. The number of terminal acetylenes is 1. The molecule has 0 saturated heterocycles. The number of hydrogen-bond acceptors (Lipinski definition) is 3. The maximum Gasteiger partial charge on any atom is 0.323 e. The molecule has 1 N–H and O–H groups in total. The highest BCUT2D eigenvalue weighted by Gasteiger charge is 2.33. The number of carbonyl (C=O) groups excluding carboxylic acids is 1. The molecule has 2 heterocycles. The van der Waals surface area contributed by atoms with Gasteiger partial charge in [-0.25, -0.2) is 0 Å². The normalized spacial score (nSPS) is 18.5. The van der Waals surface area contributed by atoms with Crippen molar-refractivity contribution in [3.05, 3.63) is 35.5 Å². The molecule has 4 heteroatoms. The molecule has 0 amide bonds. The van der Waals surface area contributed by atoms with E-state index in [0.29, 0.717) is 19.5 Å². The zero-order valence-electron chi connectivity index (χ0n) is 11.3. The summed E-state index contributed by atoms with van der Waals surface area (Å²) in [6.45, 7) is 1.09. The van der Waals surface area contributed by atoms with E-state index in [1.54, 1.807) is 0 Å². The second-order valence-electron chi connectivity index (χ2n) is 4.98. The van der Waals surface area contributed by atoms with Crippen LogP contribution in [0.5, 0.6) is 0 Å². The van der Waals surface area contributed by atoms with E-state index >= 15 is 0 Å². The Kier molecular flexibility index (Phi) is 3.21. The molecule has 20 heavy (non-hydrogen) atoms. The fraction of sp³-hybridized carbons (Fsp3) is 0.312. The number of para-hydroxylation sites is 1. The van der Waals surface area contributed by atoms with Crippen LogP contribution in [0.4, 0.5) is 0 Å². The van der Waals surface area contributed by atoms with E-state index in [2.05, 4.69) is 17.0 Å². The van der Waals surface area contributed by atoms with Gasteiger partial charge in [0, 0.05) is 29.6 Å². The lowest BCUT2D eigenvalue weighted by atomic mass is 9.96. The maximum absolute atomic E-state index is 12.0. The molecule has 0 bridgehead atoms. The number of hydrogen-bond donors (Lipinski definition) is 1. The predicted octanol–water partition coefficient (Wildman–Crippen LogP) is 1.70. The number of H-pyrrole nitrogens is 1. The average molecular weight is 268 g/mol. The minimum atomic E-state index is -0.303. The second kappa shape index (κ2) is 5.03. The molecule has 102 valence electrons. The Bertz CT molecular complexity index is 696. The maximum atomic E-state index is 12.0. The molecular formula is C16H16N2O2. The topological polar surface area (TPSA) is 45.3 Å². The average Bonchev–Trinajstić information content (AvgIpc) is 2.83. The lowest BCUT2D eigenvalue weighted by Gasteiger charge is -2.32. The van der Waals surface area contributed by atoms with E-state index < -0.39 is 0 Å². The predicted molar refractivity (Wildman–Crippen MR) is 77.0 cm³/mol. The Morgan fingerprint density at radius 3 is 3.10 bits per heavy atom. The summed E-state index contributed by atoms with van der Waals surface area (Å²) in [5.41, 5.74) is 3.44. The number of aromatic amines is 1. The lowest BCUT2D eigenvalue weighted by Crippen LogP contribution is -2.46. The van der Waals surface area contributed by atoms with Crippen LogP contribution in [-0.2, 0) is 22.5 Å². The Morgan fingerprint density at radius 1 is 1.55 bits per heavy atom. The van der Waals surface area contributed by atoms with Gasteiger partial charge >= 0.3 is 5.97 Å². The Hall–Kier alpha value is -2.25. The highest BCUT2D eigenvalue weighted by atomic mass is 16.5. The molecule has 2 aromatic rings. The number of carbonyl (C=O) groups is 1. The third-order valence-electron chi connectivity index (χ3n) is 3.87. The summed E-state index contributed by atoms with van der Waals surface area (Å²) in [6.07, 6.45) is 6.04. The van der Waals surface area contributed by atoms with Crippen LogP contribution in [-0.4, -0.2) is 35.5 Å². The number of aromatic nitrogens is 1. The molecule has 0 radical (unpaired) electrons. The van der Waals surface area contributed by atoms with Gasteiger partial charge in [0.1, 0.15) is 6.04 Å². The molecule has 1 aliphatic heterocycles. The van der Waals surface area contributed by atoms with Crippen LogP contribution in [0.2, 0.25) is 0 Å². The first-order valence-corrected chi connectivity index (χ1v) is 6.58. The molecule has 1 aromatic heterocycles. The van der Waals surface area contributed by atoms with Crippen LogP contribution >= 0.6 is 0 Å². The summed E-state index contributed by atoms with van der Waals surface area (Å²) in [5, 5.41) is 1.18. The van der Waals surface area contributed by atoms with E-state index in [1.165, 1.54) is 18.1 Å². The fourth-order valence-electron chi connectivity index (χ4n) is 2.91. The molecule has 0 spiro atoms. The zero-order valence-corrected chi connectivity index (χ0v) is 11.3. The number of benzene rings is 1. The van der Waals surface area contributed by atoms with Gasteiger partial charge in [-0.2, -0.15) is 0 Å². The van der Waals surface area contributed by atoms with E-state index in [-0.39, 0.29) is 12.0 Å². The smallest absolute Gasteiger partial charge is 0.323 e. The van der Waals surface area contributed by atoms with Crippen LogP contribution in [0.25, 0.3) is 10.9 Å². The van der Waals surface area contributed by atoms with E-state index in [0.717, 1.165) is 11.2 Å². The standard InChI is InChI=1S/C16H16N2O2/c1-3-8-18-10-14-12(9-15(18)16(19)20-2)11-6-4-5-7-13(11)17-14/h1,4-7,15,17H,8-10H2,2H3/t15-/m1/s1. The lowest BCUT2D eigenvalue weighted by molar-refractivity contribution is -0.147. The number of rotatable bonds is 2. The third kappa shape index (κ3) is 1.97. The monoisotopic (exact) mass is 268 g/mol. The van der Waals surface area contributed by atoms with Crippen LogP contribution < -0.4 is 0 Å². The van der Waals surface area contributed by atoms with Crippen molar-refractivity contribution in [1.82, 2.24) is 9.88 Å². The highest BCUT2D eigenvalue weighted by molar-refractivity contribution is 5.86. The van der Waals surface area contributed by atoms with Gasteiger partial charge in [0.2, 0.25) is 0 Å². The molecule has 1 aromatic carbocycles. The quantitative estimate of drug-likeness (QED) is 0.666. The van der Waals surface area contributed by atoms with Crippen molar-refractivity contribution in [3.63, 3.8) is 0 Å². The number of methoxy groups -OCH3 is 1. The van der Waals surface area contributed by atoms with Crippen molar-refractivity contribution in [3.8, 4) is 12.3 Å². The van der Waals surface area contributed by atoms with Gasteiger partial charge in [0.15, 0.2) is 0 Å². The zero-order chi connectivity index (χ0) is 14.1. The van der Waals surface area contributed by atoms with Crippen LogP contribution in [0.1, 0.15) is 11.3 Å². The Morgan fingerprint density at radius 2 is 2.35 bits per heavy atom. The van der Waals surface area contributed by atoms with Crippen LogP contribution in [0, 0.1) is 12.3 Å². The van der Waals surface area contributed by atoms with Gasteiger partial charge in [0.05, 0.1) is 13.7 Å². The van der Waals surface area contributed by atoms with E-state index in [9.17, 15) is 4.79 Å². The number of nitrogens with one attached hydrogen (secondary N) is 1. The minimum Gasteiger partial charge on any atom is -0.468 e. The fourth-order valence-corrected chi connectivity index (χ4v) is 2.91. The van der Waals surface area contributed by atoms with Gasteiger partial charge in [0.25, 0.3) is 0 Å². The second-order valence-corrected chi connectivity index (χ2v) is 4.98. The number of esters is 1. The number of fused-ring (bicyclic) bond motifs is 3. The van der Waals surface area contributed by atoms with Crippen LogP contribution in [0.15, 0.2) is 24.3 Å². The van der Waals surface area contributed by atoms with Gasteiger partial charge in [-0.15, -0.1) is 6.42 Å². The first kappa shape index (κ1) is 12.8. The van der Waals surface area contributed by atoms with Gasteiger partial charge in [-0.3, -0.25) is 9.69 Å². The summed E-state index contributed by atoms with van der Waals surface area (Å²) in [5.74, 6) is 2.39. The first-order chi connectivity index (χ1) is 9.74. The van der Waals surface area contributed by atoms with Crippen molar-refractivity contribution in [2.75, 3.05) is 13.7 Å². The summed E-state index contributed by atoms with van der Waals surface area (Å²) in [6, 6.07) is 7.84. The van der Waals surface area contributed by atoms with Crippen molar-refractivity contribution >= 4 is 16.9 Å². The van der Waals surface area contributed by atoms with Crippen molar-refractivity contribution < 1.29 is 9.53 Å². The van der Waals surface area contributed by atoms with E-state index in [4.69, 9.17) is 11.2 Å². The molecule has 0 unspecified atom stereocenters. The summed E-state index contributed by atoms with van der Waals surface area (Å²) in [7, 11) is 1.42. The summed E-state index contributed by atoms with van der Waals surface area (Å²) in [4.78, 5) is 17.4. The molecule has 4 nitrogen and oxygen atoms in total. The molecule has 1 aliphatic rings. The molecular weight excluding hydrogens is 252 g/mol. The van der Waals surface area contributed by atoms with Gasteiger partial charge in [-0.05, 0) is 11.6 Å². The number of ether oxygens (including phenoxy) is 1. The number of nitrogens with zero attached hydrogens (tertiary/aromatic N) is 1. The van der Waals surface area contributed by atoms with Crippen molar-refractivity contribution in [2.45, 2.75) is 19.0 Å². The van der Waals surface area contributed by atoms with Crippen molar-refractivity contribution in [2.24, 2.45) is 0 Å². The molecule has 0 fully saturated rings. The molecule has 3 rings (SSSR count). The molecule has 0 saturated carbocycles. The molecule has 0 aliphatic carbocycles. The Balaban J connectivity index is 2.05. The van der Waals surface area contributed by atoms with E-state index in [1.807, 2.05) is 23.1 Å². The largest absolute Gasteiger partial charge is 0.468 e. The third-order valence-corrected chi connectivity index (χ3v) is 3.87. The highest BCUT2D eigenvalue weighted by Crippen LogP contribution is 2.30.